The molecule has 4 rings (SSSR count). The predicted octanol–water partition coefficient (Wildman–Crippen LogP) is 4.95. The monoisotopic (exact) mass is 419 g/mol. The van der Waals surface area contributed by atoms with Crippen molar-refractivity contribution in [1.29, 1.82) is 0 Å². The lowest BCUT2D eigenvalue weighted by molar-refractivity contribution is 0.601. The van der Waals surface area contributed by atoms with Crippen LogP contribution in [-0.4, -0.2) is 17.8 Å². The van der Waals surface area contributed by atoms with Crippen LogP contribution in [0.5, 0.6) is 0 Å². The molecule has 0 aliphatic rings. The number of halogens is 2. The number of benzene rings is 3. The maximum absolute atomic E-state index is 13.3. The molecular formula is C18H11ClFN3O2S2. The zero-order valence-corrected chi connectivity index (χ0v) is 15.9. The molecule has 1 N–H and O–H groups in total. The van der Waals surface area contributed by atoms with Crippen molar-refractivity contribution < 1.29 is 12.8 Å². The third kappa shape index (κ3) is 3.51. The van der Waals surface area contributed by atoms with E-state index in [0.717, 1.165) is 22.5 Å². The van der Waals surface area contributed by atoms with Crippen LogP contribution in [0.4, 0.5) is 9.52 Å². The molecule has 0 saturated heterocycles. The third-order valence-electron chi connectivity index (χ3n) is 3.97. The number of hydrogen-bond donors (Lipinski definition) is 1. The lowest BCUT2D eigenvalue weighted by Gasteiger charge is -2.11. The fourth-order valence-corrected chi connectivity index (χ4v) is 4.73. The molecule has 0 radical (unpaired) electrons. The van der Waals surface area contributed by atoms with Gasteiger partial charge in [0, 0.05) is 17.1 Å². The quantitative estimate of drug-likeness (QED) is 0.508. The van der Waals surface area contributed by atoms with Crippen LogP contribution in [0, 0.1) is 5.82 Å². The third-order valence-corrected chi connectivity index (χ3v) is 6.33. The van der Waals surface area contributed by atoms with E-state index >= 15 is 0 Å². The Balaban J connectivity index is 1.80. The number of nitrogens with zero attached hydrogens (tertiary/aromatic N) is 2. The molecule has 0 fully saturated rings. The molecule has 0 aliphatic heterocycles. The van der Waals surface area contributed by atoms with Crippen LogP contribution in [0.1, 0.15) is 0 Å². The zero-order valence-electron chi connectivity index (χ0n) is 13.6. The van der Waals surface area contributed by atoms with Gasteiger partial charge in [0.2, 0.25) is 5.13 Å². The Morgan fingerprint density at radius 2 is 1.89 bits per heavy atom. The Morgan fingerprint density at radius 1 is 1.04 bits per heavy atom. The Bertz CT molecular complexity index is 1240. The molecule has 0 unspecified atom stereocenters. The molecule has 5 nitrogen and oxygen atoms in total. The minimum absolute atomic E-state index is 0.104. The van der Waals surface area contributed by atoms with Crippen molar-refractivity contribution in [3.05, 3.63) is 71.8 Å². The van der Waals surface area contributed by atoms with E-state index < -0.39 is 15.8 Å². The average molecular weight is 420 g/mol. The highest BCUT2D eigenvalue weighted by molar-refractivity contribution is 7.93. The molecule has 27 heavy (non-hydrogen) atoms. The SMILES string of the molecule is O=S(=O)(Nc1ncns1)c1ccc2c(-c3ccc(F)cc3Cl)cccc2c1. The van der Waals surface area contributed by atoms with E-state index in [1.807, 2.05) is 6.07 Å². The summed E-state index contributed by atoms with van der Waals surface area (Å²) in [5, 5.41) is 2.01. The molecule has 9 heteroatoms. The molecular weight excluding hydrogens is 409 g/mol. The molecule has 136 valence electrons. The topological polar surface area (TPSA) is 72.0 Å². The average Bonchev–Trinajstić information content (AvgIpc) is 3.13. The van der Waals surface area contributed by atoms with E-state index in [1.54, 1.807) is 30.3 Å². The maximum atomic E-state index is 13.3. The molecule has 1 heterocycles. The summed E-state index contributed by atoms with van der Waals surface area (Å²) in [7, 11) is -3.78. The van der Waals surface area contributed by atoms with Gasteiger partial charge in [-0.2, -0.15) is 4.37 Å². The number of fused-ring (bicyclic) bond motifs is 1. The standard InChI is InChI=1S/C18H11ClFN3O2S2/c19-17-9-12(20)4-6-16(17)15-3-1-2-11-8-13(5-7-14(11)15)27(24,25)23-18-21-10-22-26-18/h1-10H,(H,21,22,23). The first-order valence-electron chi connectivity index (χ1n) is 7.72. The summed E-state index contributed by atoms with van der Waals surface area (Å²) in [6, 6.07) is 14.4. The Kier molecular flexibility index (Phi) is 4.55. The number of aromatic nitrogens is 2. The predicted molar refractivity (Wildman–Crippen MR) is 105 cm³/mol. The van der Waals surface area contributed by atoms with Crippen LogP contribution in [0.2, 0.25) is 5.02 Å². The summed E-state index contributed by atoms with van der Waals surface area (Å²) in [4.78, 5) is 3.94. The molecule has 0 amide bonds. The first-order valence-corrected chi connectivity index (χ1v) is 10.4. The highest BCUT2D eigenvalue weighted by Crippen LogP contribution is 2.34. The van der Waals surface area contributed by atoms with Gasteiger partial charge in [0.25, 0.3) is 10.0 Å². The molecule has 0 saturated carbocycles. The second-order valence-electron chi connectivity index (χ2n) is 5.66. The van der Waals surface area contributed by atoms with Crippen molar-refractivity contribution in [2.24, 2.45) is 0 Å². The van der Waals surface area contributed by atoms with E-state index in [2.05, 4.69) is 14.1 Å². The van der Waals surface area contributed by atoms with Crippen molar-refractivity contribution in [1.82, 2.24) is 9.36 Å². The normalized spacial score (nSPS) is 11.6. The van der Waals surface area contributed by atoms with Crippen LogP contribution >= 0.6 is 23.1 Å². The molecule has 1 aromatic heterocycles. The van der Waals surface area contributed by atoms with Crippen molar-refractivity contribution in [2.75, 3.05) is 4.72 Å². The van der Waals surface area contributed by atoms with Gasteiger partial charge >= 0.3 is 0 Å². The Labute approximate surface area is 163 Å². The van der Waals surface area contributed by atoms with E-state index in [0.29, 0.717) is 10.9 Å². The van der Waals surface area contributed by atoms with Crippen LogP contribution in [0.15, 0.2) is 65.8 Å². The van der Waals surface area contributed by atoms with E-state index in [1.165, 1.54) is 24.5 Å². The maximum Gasteiger partial charge on any atom is 0.263 e. The van der Waals surface area contributed by atoms with Crippen LogP contribution in [0.3, 0.4) is 0 Å². The summed E-state index contributed by atoms with van der Waals surface area (Å²) < 4.78 is 44.6. The highest BCUT2D eigenvalue weighted by Gasteiger charge is 2.17. The summed E-state index contributed by atoms with van der Waals surface area (Å²) in [6.07, 6.45) is 1.28. The largest absolute Gasteiger partial charge is 0.263 e. The minimum atomic E-state index is -3.78. The fourth-order valence-electron chi connectivity index (χ4n) is 2.76. The van der Waals surface area contributed by atoms with Gasteiger partial charge in [-0.3, -0.25) is 4.72 Å². The molecule has 0 spiro atoms. The molecule has 0 atom stereocenters. The zero-order chi connectivity index (χ0) is 19.0. The second-order valence-corrected chi connectivity index (χ2v) is 8.53. The van der Waals surface area contributed by atoms with Crippen molar-refractivity contribution >= 4 is 49.1 Å². The lowest BCUT2D eigenvalue weighted by atomic mass is 9.98. The van der Waals surface area contributed by atoms with Gasteiger partial charge in [-0.05, 0) is 46.7 Å². The summed E-state index contributed by atoms with van der Waals surface area (Å²) in [6.45, 7) is 0. The molecule has 0 aliphatic carbocycles. The smallest absolute Gasteiger partial charge is 0.253 e. The van der Waals surface area contributed by atoms with Gasteiger partial charge in [0.1, 0.15) is 12.1 Å². The summed E-state index contributed by atoms with van der Waals surface area (Å²) in [5.74, 6) is -0.417. The number of rotatable bonds is 4. The lowest BCUT2D eigenvalue weighted by Crippen LogP contribution is -2.12. The Hall–Kier alpha value is -2.55. The number of nitrogens with one attached hydrogen (secondary N) is 1. The van der Waals surface area contributed by atoms with E-state index in [-0.39, 0.29) is 15.0 Å². The minimum Gasteiger partial charge on any atom is -0.253 e. The van der Waals surface area contributed by atoms with Crippen molar-refractivity contribution in [2.45, 2.75) is 4.90 Å². The van der Waals surface area contributed by atoms with Gasteiger partial charge < -0.3 is 0 Å². The molecule has 4 aromatic rings. The number of sulfonamides is 1. The van der Waals surface area contributed by atoms with Crippen LogP contribution in [-0.2, 0) is 10.0 Å². The Morgan fingerprint density at radius 3 is 2.63 bits per heavy atom. The number of hydrogen-bond acceptors (Lipinski definition) is 5. The van der Waals surface area contributed by atoms with Gasteiger partial charge in [-0.1, -0.05) is 35.9 Å². The van der Waals surface area contributed by atoms with Crippen LogP contribution < -0.4 is 4.72 Å². The summed E-state index contributed by atoms with van der Waals surface area (Å²) in [5.41, 5.74) is 1.46. The first kappa shape index (κ1) is 17.8. The summed E-state index contributed by atoms with van der Waals surface area (Å²) >= 11 is 7.14. The molecule has 3 aromatic carbocycles. The van der Waals surface area contributed by atoms with Gasteiger partial charge in [-0.15, -0.1) is 0 Å². The van der Waals surface area contributed by atoms with Gasteiger partial charge in [-0.25, -0.2) is 17.8 Å². The second kappa shape index (κ2) is 6.88. The van der Waals surface area contributed by atoms with Crippen molar-refractivity contribution in [3.63, 3.8) is 0 Å². The van der Waals surface area contributed by atoms with E-state index in [9.17, 15) is 12.8 Å². The van der Waals surface area contributed by atoms with Gasteiger partial charge in [0.05, 0.1) is 9.92 Å². The fraction of sp³-hybridized carbons (Fsp3) is 0. The number of anilines is 1. The highest BCUT2D eigenvalue weighted by atomic mass is 35.5. The first-order chi connectivity index (χ1) is 12.9. The van der Waals surface area contributed by atoms with Gasteiger partial charge in [0.15, 0.2) is 0 Å². The molecule has 0 bridgehead atoms. The van der Waals surface area contributed by atoms with Crippen molar-refractivity contribution in [3.8, 4) is 11.1 Å². The van der Waals surface area contributed by atoms with Crippen LogP contribution in [0.25, 0.3) is 21.9 Å². The van der Waals surface area contributed by atoms with E-state index in [4.69, 9.17) is 11.6 Å².